The van der Waals surface area contributed by atoms with E-state index in [1.165, 1.54) is 0 Å². The molecule has 1 aromatic carbocycles. The van der Waals surface area contributed by atoms with Crippen LogP contribution >= 0.6 is 24.0 Å². The minimum absolute atomic E-state index is 0. The molecular weight excluding hydrogens is 447 g/mol. The fourth-order valence-electron chi connectivity index (χ4n) is 2.86. The van der Waals surface area contributed by atoms with E-state index in [2.05, 4.69) is 15.2 Å². The first-order chi connectivity index (χ1) is 12.1. The lowest BCUT2D eigenvalue weighted by atomic mass is 10.1. The van der Waals surface area contributed by atoms with Crippen molar-refractivity contribution >= 4 is 35.8 Å². The van der Waals surface area contributed by atoms with Gasteiger partial charge in [-0.2, -0.15) is 0 Å². The van der Waals surface area contributed by atoms with Gasteiger partial charge in [-0.25, -0.2) is 0 Å². The zero-order valence-corrected chi connectivity index (χ0v) is 17.8. The first-order valence-electron chi connectivity index (χ1n) is 8.65. The van der Waals surface area contributed by atoms with E-state index in [0.717, 1.165) is 44.2 Å². The molecule has 146 valence electrons. The van der Waals surface area contributed by atoms with Crippen LogP contribution in [0.4, 0.5) is 0 Å². The Labute approximate surface area is 172 Å². The van der Waals surface area contributed by atoms with Gasteiger partial charge in [0.1, 0.15) is 5.75 Å². The minimum atomic E-state index is -0.487. The maximum absolute atomic E-state index is 10.8. The minimum Gasteiger partial charge on any atom is -0.484 e. The molecule has 0 spiro atoms. The lowest BCUT2D eigenvalue weighted by Gasteiger charge is -2.22. The molecule has 3 N–H and O–H groups in total. The quantitative estimate of drug-likeness (QED) is 0.338. The molecule has 0 radical (unpaired) electrons. The van der Waals surface area contributed by atoms with Crippen LogP contribution in [-0.4, -0.2) is 56.7 Å². The van der Waals surface area contributed by atoms with Gasteiger partial charge in [0, 0.05) is 39.2 Å². The van der Waals surface area contributed by atoms with Crippen LogP contribution in [0.2, 0.25) is 0 Å². The maximum Gasteiger partial charge on any atom is 0.255 e. The number of nitrogens with zero attached hydrogens (tertiary/aromatic N) is 2. The number of ether oxygens (including phenoxy) is 2. The van der Waals surface area contributed by atoms with Crippen LogP contribution in [0.3, 0.4) is 0 Å². The van der Waals surface area contributed by atoms with Crippen LogP contribution in [-0.2, 0) is 16.1 Å². The van der Waals surface area contributed by atoms with Crippen molar-refractivity contribution in [3.8, 4) is 5.75 Å². The number of aliphatic imine (C=N–C) groups is 1. The Kier molecular flexibility index (Phi) is 10.3. The van der Waals surface area contributed by atoms with E-state index in [-0.39, 0.29) is 30.6 Å². The van der Waals surface area contributed by atoms with Crippen molar-refractivity contribution in [2.45, 2.75) is 19.9 Å². The number of guanidine groups is 1. The number of primary amides is 1. The molecule has 1 unspecified atom stereocenters. The Bertz CT molecular complexity index is 598. The van der Waals surface area contributed by atoms with Crippen molar-refractivity contribution in [2.75, 3.05) is 40.0 Å². The van der Waals surface area contributed by atoms with Gasteiger partial charge in [0.05, 0.1) is 6.61 Å². The number of rotatable bonds is 8. The van der Waals surface area contributed by atoms with E-state index in [0.29, 0.717) is 18.2 Å². The van der Waals surface area contributed by atoms with Gasteiger partial charge >= 0.3 is 0 Å². The number of benzene rings is 1. The largest absolute Gasteiger partial charge is 0.484 e. The van der Waals surface area contributed by atoms with Gasteiger partial charge in [0.15, 0.2) is 12.6 Å². The van der Waals surface area contributed by atoms with Gasteiger partial charge in [0.25, 0.3) is 5.91 Å². The molecule has 1 amide bonds. The maximum atomic E-state index is 10.8. The van der Waals surface area contributed by atoms with E-state index >= 15 is 0 Å². The molecular formula is C18H29IN4O3. The smallest absolute Gasteiger partial charge is 0.255 e. The summed E-state index contributed by atoms with van der Waals surface area (Å²) in [5.41, 5.74) is 6.15. The summed E-state index contributed by atoms with van der Waals surface area (Å²) in [6.45, 7) is 6.05. The average molecular weight is 476 g/mol. The van der Waals surface area contributed by atoms with Crippen molar-refractivity contribution in [3.05, 3.63) is 29.8 Å². The Morgan fingerprint density at radius 2 is 2.27 bits per heavy atom. The summed E-state index contributed by atoms with van der Waals surface area (Å²) in [7, 11) is 1.80. The fraction of sp³-hybridized carbons (Fsp3) is 0.556. The summed E-state index contributed by atoms with van der Waals surface area (Å²) in [5, 5.41) is 3.38. The summed E-state index contributed by atoms with van der Waals surface area (Å²) >= 11 is 0. The van der Waals surface area contributed by atoms with Crippen molar-refractivity contribution < 1.29 is 14.3 Å². The molecule has 0 saturated carbocycles. The molecule has 1 heterocycles. The second-order valence-corrected chi connectivity index (χ2v) is 6.06. The SMILES string of the molecule is CCOCC1CCN(C(=NC)NCc2cccc(OCC(N)=O)c2)C1.I. The summed E-state index contributed by atoms with van der Waals surface area (Å²) < 4.78 is 10.9. The van der Waals surface area contributed by atoms with Crippen LogP contribution in [0.5, 0.6) is 5.75 Å². The summed E-state index contributed by atoms with van der Waals surface area (Å²) in [6, 6.07) is 7.59. The molecule has 1 aromatic rings. The van der Waals surface area contributed by atoms with Crippen LogP contribution in [0.1, 0.15) is 18.9 Å². The van der Waals surface area contributed by atoms with E-state index in [1.807, 2.05) is 25.1 Å². The average Bonchev–Trinajstić information content (AvgIpc) is 3.08. The predicted molar refractivity (Wildman–Crippen MR) is 113 cm³/mol. The number of halogens is 1. The van der Waals surface area contributed by atoms with E-state index in [1.54, 1.807) is 13.1 Å². The van der Waals surface area contributed by atoms with E-state index in [9.17, 15) is 4.79 Å². The number of hydrogen-bond donors (Lipinski definition) is 2. The van der Waals surface area contributed by atoms with Gasteiger partial charge in [-0.15, -0.1) is 24.0 Å². The molecule has 0 bridgehead atoms. The third-order valence-electron chi connectivity index (χ3n) is 4.09. The standard InChI is InChI=1S/C18H28N4O3.HI/c1-3-24-12-15-7-8-22(11-15)18(20-2)21-10-14-5-4-6-16(9-14)25-13-17(19)23;/h4-6,9,15H,3,7-8,10-13H2,1-2H3,(H2,19,23)(H,20,21);1H. The third-order valence-corrected chi connectivity index (χ3v) is 4.09. The molecule has 2 rings (SSSR count). The van der Waals surface area contributed by atoms with Crippen LogP contribution in [0, 0.1) is 5.92 Å². The molecule has 7 nitrogen and oxygen atoms in total. The second-order valence-electron chi connectivity index (χ2n) is 6.06. The van der Waals surface area contributed by atoms with Gasteiger partial charge in [0.2, 0.25) is 0 Å². The van der Waals surface area contributed by atoms with Crippen molar-refractivity contribution in [1.82, 2.24) is 10.2 Å². The van der Waals surface area contributed by atoms with Crippen molar-refractivity contribution in [3.63, 3.8) is 0 Å². The van der Waals surface area contributed by atoms with Gasteiger partial charge in [-0.05, 0) is 31.0 Å². The zero-order valence-electron chi connectivity index (χ0n) is 15.4. The molecule has 0 aliphatic carbocycles. The molecule has 0 aromatic heterocycles. The molecule has 1 saturated heterocycles. The molecule has 1 aliphatic rings. The molecule has 26 heavy (non-hydrogen) atoms. The Balaban J connectivity index is 0.00000338. The lowest BCUT2D eigenvalue weighted by molar-refractivity contribution is -0.119. The number of amides is 1. The Morgan fingerprint density at radius 3 is 2.96 bits per heavy atom. The highest BCUT2D eigenvalue weighted by molar-refractivity contribution is 14.0. The zero-order chi connectivity index (χ0) is 18.1. The monoisotopic (exact) mass is 476 g/mol. The second kappa shape index (κ2) is 11.9. The molecule has 1 atom stereocenters. The number of carbonyl (C=O) groups is 1. The first kappa shape index (κ1) is 22.5. The van der Waals surface area contributed by atoms with Crippen LogP contribution in [0.25, 0.3) is 0 Å². The van der Waals surface area contributed by atoms with Crippen molar-refractivity contribution in [1.29, 1.82) is 0 Å². The van der Waals surface area contributed by atoms with E-state index in [4.69, 9.17) is 15.2 Å². The first-order valence-corrected chi connectivity index (χ1v) is 8.65. The Hall–Kier alpha value is -1.55. The van der Waals surface area contributed by atoms with Crippen LogP contribution < -0.4 is 15.8 Å². The number of nitrogens with two attached hydrogens (primary N) is 1. The fourth-order valence-corrected chi connectivity index (χ4v) is 2.86. The highest BCUT2D eigenvalue weighted by Crippen LogP contribution is 2.17. The number of likely N-dealkylation sites (tertiary alicyclic amines) is 1. The highest BCUT2D eigenvalue weighted by Gasteiger charge is 2.24. The van der Waals surface area contributed by atoms with Crippen LogP contribution in [0.15, 0.2) is 29.3 Å². The topological polar surface area (TPSA) is 89.2 Å². The summed E-state index contributed by atoms with van der Waals surface area (Å²) in [5.74, 6) is 1.59. The Morgan fingerprint density at radius 1 is 1.46 bits per heavy atom. The van der Waals surface area contributed by atoms with Gasteiger partial charge in [-0.1, -0.05) is 12.1 Å². The number of hydrogen-bond acceptors (Lipinski definition) is 4. The third kappa shape index (κ3) is 7.36. The van der Waals surface area contributed by atoms with Gasteiger partial charge in [-0.3, -0.25) is 9.79 Å². The van der Waals surface area contributed by atoms with Gasteiger partial charge < -0.3 is 25.4 Å². The normalized spacial score (nSPS) is 16.9. The number of nitrogens with one attached hydrogen (secondary N) is 1. The molecule has 1 aliphatic heterocycles. The highest BCUT2D eigenvalue weighted by atomic mass is 127. The summed E-state index contributed by atoms with van der Waals surface area (Å²) in [4.78, 5) is 17.4. The van der Waals surface area contributed by atoms with Crippen molar-refractivity contribution in [2.24, 2.45) is 16.6 Å². The molecule has 1 fully saturated rings. The predicted octanol–water partition coefficient (Wildman–Crippen LogP) is 1.60. The lowest BCUT2D eigenvalue weighted by Crippen LogP contribution is -2.39. The number of carbonyl (C=O) groups excluding carboxylic acids is 1. The van der Waals surface area contributed by atoms with E-state index < -0.39 is 5.91 Å². The molecule has 8 heteroatoms. The summed E-state index contributed by atoms with van der Waals surface area (Å²) in [6.07, 6.45) is 1.12.